The number of aliphatic hydroxyl groups excluding tert-OH is 1. The molecule has 0 saturated carbocycles. The summed E-state index contributed by atoms with van der Waals surface area (Å²) in [6.45, 7) is 2.02. The average Bonchev–Trinajstić information content (AvgIpc) is 2.30. The molecule has 0 radical (unpaired) electrons. The molecule has 0 saturated heterocycles. The number of hydrogen-bond acceptors (Lipinski definition) is 2. The molecule has 0 aromatic rings. The van der Waals surface area contributed by atoms with Crippen molar-refractivity contribution in [1.29, 1.82) is 0 Å². The van der Waals surface area contributed by atoms with Crippen LogP contribution in [0.3, 0.4) is 0 Å². The van der Waals surface area contributed by atoms with Crippen LogP contribution >= 0.6 is 0 Å². The maximum Gasteiger partial charge on any atom is 0.149 e. The number of aliphatic hydroxyl groups is 1. The monoisotopic (exact) mass is 140 g/mol. The van der Waals surface area contributed by atoms with Crippen molar-refractivity contribution in [2.45, 2.75) is 26.2 Å². The molecule has 0 spiro atoms. The van der Waals surface area contributed by atoms with E-state index in [-0.39, 0.29) is 5.92 Å². The van der Waals surface area contributed by atoms with Gasteiger partial charge in [0, 0.05) is 11.5 Å². The van der Waals surface area contributed by atoms with Crippen LogP contribution in [-0.2, 0) is 4.79 Å². The molecule has 0 aliphatic heterocycles. The van der Waals surface area contributed by atoms with Crippen molar-refractivity contribution in [3.05, 3.63) is 11.3 Å². The van der Waals surface area contributed by atoms with Gasteiger partial charge in [0.05, 0.1) is 0 Å². The van der Waals surface area contributed by atoms with Gasteiger partial charge in [-0.15, -0.1) is 0 Å². The molecule has 0 amide bonds. The van der Waals surface area contributed by atoms with Crippen LogP contribution in [-0.4, -0.2) is 11.4 Å². The highest BCUT2D eigenvalue weighted by molar-refractivity contribution is 5.74. The van der Waals surface area contributed by atoms with Crippen molar-refractivity contribution in [1.82, 2.24) is 0 Å². The number of carbonyl (C=O) groups is 1. The lowest BCUT2D eigenvalue weighted by atomic mass is 10.1. The Labute approximate surface area is 60.6 Å². The molecular weight excluding hydrogens is 128 g/mol. The molecule has 10 heavy (non-hydrogen) atoms. The highest BCUT2D eigenvalue weighted by Gasteiger charge is 2.22. The van der Waals surface area contributed by atoms with Crippen LogP contribution in [0.2, 0.25) is 0 Å². The third kappa shape index (κ3) is 1.06. The lowest BCUT2D eigenvalue weighted by molar-refractivity contribution is -0.105. The molecule has 0 aromatic carbocycles. The second-order valence-electron chi connectivity index (χ2n) is 2.67. The van der Waals surface area contributed by atoms with Gasteiger partial charge in [-0.2, -0.15) is 0 Å². The predicted octanol–water partition coefficient (Wildman–Crippen LogP) is 1.82. The molecule has 1 aliphatic rings. The van der Waals surface area contributed by atoms with Gasteiger partial charge in [0.15, 0.2) is 0 Å². The summed E-state index contributed by atoms with van der Waals surface area (Å²) in [5, 5.41) is 9.30. The van der Waals surface area contributed by atoms with Crippen LogP contribution in [0.25, 0.3) is 0 Å². The number of hydrogen-bond donors (Lipinski definition) is 1. The van der Waals surface area contributed by atoms with Crippen molar-refractivity contribution >= 4 is 6.29 Å². The normalized spacial score (nSPS) is 25.5. The summed E-state index contributed by atoms with van der Waals surface area (Å²) in [5.41, 5.74) is 0.604. The minimum Gasteiger partial charge on any atom is -0.512 e. The van der Waals surface area contributed by atoms with E-state index in [9.17, 15) is 9.90 Å². The Kier molecular flexibility index (Phi) is 2.10. The van der Waals surface area contributed by atoms with E-state index in [0.29, 0.717) is 11.3 Å². The zero-order valence-corrected chi connectivity index (χ0v) is 6.13. The summed E-state index contributed by atoms with van der Waals surface area (Å²) in [5.74, 6) is 0.581. The Morgan fingerprint density at radius 3 is 2.80 bits per heavy atom. The lowest BCUT2D eigenvalue weighted by Crippen LogP contribution is -1.96. The van der Waals surface area contributed by atoms with Gasteiger partial charge in [0.1, 0.15) is 12.0 Å². The van der Waals surface area contributed by atoms with Crippen LogP contribution in [0.5, 0.6) is 0 Å². The summed E-state index contributed by atoms with van der Waals surface area (Å²) in [6.07, 6.45) is 3.40. The Morgan fingerprint density at radius 1 is 1.80 bits per heavy atom. The van der Waals surface area contributed by atoms with E-state index in [1.54, 1.807) is 0 Å². The number of carbonyl (C=O) groups excluding carboxylic acids is 1. The van der Waals surface area contributed by atoms with Crippen LogP contribution in [0.15, 0.2) is 11.3 Å². The van der Waals surface area contributed by atoms with Gasteiger partial charge < -0.3 is 5.11 Å². The Bertz CT molecular complexity index is 170. The van der Waals surface area contributed by atoms with E-state index in [1.807, 2.05) is 6.92 Å². The van der Waals surface area contributed by atoms with E-state index >= 15 is 0 Å². The van der Waals surface area contributed by atoms with Gasteiger partial charge in [0.2, 0.25) is 0 Å². The molecule has 0 fully saturated rings. The molecular formula is C8H12O2. The van der Waals surface area contributed by atoms with E-state index in [2.05, 4.69) is 0 Å². The predicted molar refractivity (Wildman–Crippen MR) is 38.7 cm³/mol. The molecule has 1 N–H and O–H groups in total. The third-order valence-corrected chi connectivity index (χ3v) is 2.11. The van der Waals surface area contributed by atoms with Crippen molar-refractivity contribution in [3.63, 3.8) is 0 Å². The average molecular weight is 140 g/mol. The first kappa shape index (κ1) is 7.32. The first-order chi connectivity index (χ1) is 4.79. The fourth-order valence-electron chi connectivity index (χ4n) is 1.37. The van der Waals surface area contributed by atoms with Gasteiger partial charge in [-0.3, -0.25) is 4.79 Å². The van der Waals surface area contributed by atoms with Crippen LogP contribution in [0.1, 0.15) is 26.2 Å². The molecule has 56 valence electrons. The maximum atomic E-state index is 10.3. The van der Waals surface area contributed by atoms with Crippen molar-refractivity contribution in [3.8, 4) is 0 Å². The molecule has 0 heterocycles. The topological polar surface area (TPSA) is 37.3 Å². The highest BCUT2D eigenvalue weighted by atomic mass is 16.3. The van der Waals surface area contributed by atoms with Gasteiger partial charge in [-0.1, -0.05) is 6.92 Å². The minimum atomic E-state index is 0.250. The Balaban J connectivity index is 2.72. The SMILES string of the molecule is CCC1CCC(C=O)=C1O. The number of allylic oxidation sites excluding steroid dienone is 2. The number of aldehydes is 1. The first-order valence-corrected chi connectivity index (χ1v) is 3.66. The molecule has 1 unspecified atom stereocenters. The highest BCUT2D eigenvalue weighted by Crippen LogP contribution is 2.30. The van der Waals surface area contributed by atoms with Gasteiger partial charge in [-0.25, -0.2) is 0 Å². The lowest BCUT2D eigenvalue weighted by Gasteiger charge is -2.04. The fourth-order valence-corrected chi connectivity index (χ4v) is 1.37. The molecule has 1 atom stereocenters. The van der Waals surface area contributed by atoms with Gasteiger partial charge in [-0.05, 0) is 19.3 Å². The molecule has 0 aromatic heterocycles. The van der Waals surface area contributed by atoms with E-state index in [4.69, 9.17) is 0 Å². The summed E-state index contributed by atoms with van der Waals surface area (Å²) in [4.78, 5) is 10.3. The van der Waals surface area contributed by atoms with E-state index in [0.717, 1.165) is 25.5 Å². The quantitative estimate of drug-likeness (QED) is 0.594. The molecule has 1 rings (SSSR count). The molecule has 2 nitrogen and oxygen atoms in total. The smallest absolute Gasteiger partial charge is 0.149 e. The fraction of sp³-hybridized carbons (Fsp3) is 0.625. The third-order valence-electron chi connectivity index (χ3n) is 2.11. The van der Waals surface area contributed by atoms with Crippen LogP contribution < -0.4 is 0 Å². The standard InChI is InChI=1S/C8H12O2/c1-2-6-3-4-7(5-9)8(6)10/h5-6,10H,2-4H2,1H3. The van der Waals surface area contributed by atoms with E-state index in [1.165, 1.54) is 0 Å². The van der Waals surface area contributed by atoms with E-state index < -0.39 is 0 Å². The van der Waals surface area contributed by atoms with Gasteiger partial charge in [0.25, 0.3) is 0 Å². The second-order valence-corrected chi connectivity index (χ2v) is 2.67. The van der Waals surface area contributed by atoms with Crippen LogP contribution in [0, 0.1) is 5.92 Å². The van der Waals surface area contributed by atoms with Crippen molar-refractivity contribution in [2.24, 2.45) is 5.92 Å². The van der Waals surface area contributed by atoms with Gasteiger partial charge >= 0.3 is 0 Å². The first-order valence-electron chi connectivity index (χ1n) is 3.66. The van der Waals surface area contributed by atoms with Crippen molar-refractivity contribution in [2.75, 3.05) is 0 Å². The molecule has 2 heteroatoms. The number of rotatable bonds is 2. The molecule has 0 bridgehead atoms. The zero-order chi connectivity index (χ0) is 7.56. The molecule has 1 aliphatic carbocycles. The summed E-state index contributed by atoms with van der Waals surface area (Å²) >= 11 is 0. The van der Waals surface area contributed by atoms with Crippen LogP contribution in [0.4, 0.5) is 0 Å². The Hall–Kier alpha value is -0.790. The summed E-state index contributed by atoms with van der Waals surface area (Å²) in [6, 6.07) is 0. The minimum absolute atomic E-state index is 0.250. The largest absolute Gasteiger partial charge is 0.512 e. The maximum absolute atomic E-state index is 10.3. The zero-order valence-electron chi connectivity index (χ0n) is 6.13. The summed E-state index contributed by atoms with van der Waals surface area (Å²) < 4.78 is 0. The Morgan fingerprint density at radius 2 is 2.50 bits per heavy atom. The second kappa shape index (κ2) is 2.86. The summed E-state index contributed by atoms with van der Waals surface area (Å²) in [7, 11) is 0. The van der Waals surface area contributed by atoms with Crippen molar-refractivity contribution < 1.29 is 9.90 Å².